The number of amides is 1. The Morgan fingerprint density at radius 3 is 2.34 bits per heavy atom. The summed E-state index contributed by atoms with van der Waals surface area (Å²) >= 11 is 5.96. The van der Waals surface area contributed by atoms with Crippen molar-refractivity contribution in [2.45, 2.75) is 19.4 Å². The third-order valence-corrected chi connectivity index (χ3v) is 7.49. The van der Waals surface area contributed by atoms with Crippen LogP contribution in [0.3, 0.4) is 0 Å². The summed E-state index contributed by atoms with van der Waals surface area (Å²) in [4.78, 5) is 12.4. The molecule has 1 amide bonds. The Morgan fingerprint density at radius 1 is 1.03 bits per heavy atom. The van der Waals surface area contributed by atoms with E-state index in [2.05, 4.69) is 5.32 Å². The van der Waals surface area contributed by atoms with Crippen LogP contribution in [0.25, 0.3) is 0 Å². The van der Waals surface area contributed by atoms with Gasteiger partial charge in [-0.15, -0.1) is 0 Å². The first kappa shape index (κ1) is 24.2. The van der Waals surface area contributed by atoms with E-state index in [0.29, 0.717) is 40.8 Å². The van der Waals surface area contributed by atoms with E-state index in [0.717, 1.165) is 11.1 Å². The molecule has 1 heterocycles. The summed E-state index contributed by atoms with van der Waals surface area (Å²) in [6, 6.07) is 8.49. The Bertz CT molecular complexity index is 1090. The van der Waals surface area contributed by atoms with Gasteiger partial charge in [-0.2, -0.15) is 4.31 Å². The molecule has 0 atom stereocenters. The average Bonchev–Trinajstić information content (AvgIpc) is 2.80. The Hall–Kier alpha value is -2.49. The fourth-order valence-electron chi connectivity index (χ4n) is 3.63. The summed E-state index contributed by atoms with van der Waals surface area (Å²) in [5.74, 6) is 1.18. The zero-order valence-electron chi connectivity index (χ0n) is 18.3. The van der Waals surface area contributed by atoms with Crippen LogP contribution >= 0.6 is 11.6 Å². The van der Waals surface area contributed by atoms with E-state index in [-0.39, 0.29) is 31.2 Å². The minimum atomic E-state index is -3.48. The van der Waals surface area contributed by atoms with Gasteiger partial charge in [0, 0.05) is 24.7 Å². The molecule has 174 valence electrons. The number of carbonyl (C=O) groups is 1. The third-order valence-electron chi connectivity index (χ3n) is 5.35. The third kappa shape index (κ3) is 5.46. The Balaban J connectivity index is 1.57. The highest BCUT2D eigenvalue weighted by molar-refractivity contribution is 7.89. The molecular formula is C22H27ClN2O6S. The second-order valence-corrected chi connectivity index (χ2v) is 9.85. The lowest BCUT2D eigenvalue weighted by Gasteiger charge is -2.29. The monoisotopic (exact) mass is 482 g/mol. The molecule has 8 nitrogen and oxygen atoms in total. The minimum absolute atomic E-state index is 0.0669. The SMILES string of the molecule is COc1cc2c(cc1OC)CN(S(=O)(=O)CCCNC(=O)c1cc(Cl)ccc1OC)CC2. The lowest BCUT2D eigenvalue weighted by atomic mass is 10.0. The quantitative estimate of drug-likeness (QED) is 0.552. The van der Waals surface area contributed by atoms with Gasteiger partial charge in [0.1, 0.15) is 5.75 Å². The van der Waals surface area contributed by atoms with Crippen molar-refractivity contribution in [3.05, 3.63) is 52.0 Å². The first-order valence-electron chi connectivity index (χ1n) is 10.1. The van der Waals surface area contributed by atoms with Crippen LogP contribution in [-0.4, -0.2) is 58.8 Å². The molecule has 0 aliphatic carbocycles. The zero-order valence-corrected chi connectivity index (χ0v) is 19.9. The van der Waals surface area contributed by atoms with Crippen LogP contribution in [0.4, 0.5) is 0 Å². The molecule has 0 saturated carbocycles. The molecule has 32 heavy (non-hydrogen) atoms. The number of hydrogen-bond donors (Lipinski definition) is 1. The maximum Gasteiger partial charge on any atom is 0.255 e. The molecule has 2 aromatic carbocycles. The molecule has 10 heteroatoms. The van der Waals surface area contributed by atoms with Gasteiger partial charge in [-0.1, -0.05) is 11.6 Å². The van der Waals surface area contributed by atoms with Gasteiger partial charge in [0.05, 0.1) is 32.6 Å². The molecule has 0 fully saturated rings. The summed E-state index contributed by atoms with van der Waals surface area (Å²) in [5, 5.41) is 3.14. The van der Waals surface area contributed by atoms with E-state index in [9.17, 15) is 13.2 Å². The number of methoxy groups -OCH3 is 3. The predicted octanol–water partition coefficient (Wildman–Crippen LogP) is 2.87. The molecule has 1 N–H and O–H groups in total. The van der Waals surface area contributed by atoms with Crippen molar-refractivity contribution >= 4 is 27.5 Å². The van der Waals surface area contributed by atoms with Gasteiger partial charge in [-0.25, -0.2) is 8.42 Å². The summed E-state index contributed by atoms with van der Waals surface area (Å²) < 4.78 is 43.0. The van der Waals surface area contributed by atoms with Crippen LogP contribution < -0.4 is 19.5 Å². The van der Waals surface area contributed by atoms with Crippen molar-refractivity contribution in [3.8, 4) is 17.2 Å². The molecule has 2 aromatic rings. The molecule has 1 aliphatic rings. The van der Waals surface area contributed by atoms with Crippen LogP contribution in [0.2, 0.25) is 5.02 Å². The normalized spacial score (nSPS) is 13.9. The average molecular weight is 483 g/mol. The smallest absolute Gasteiger partial charge is 0.255 e. The fraction of sp³-hybridized carbons (Fsp3) is 0.409. The number of nitrogens with zero attached hydrogens (tertiary/aromatic N) is 1. The number of rotatable bonds is 9. The number of nitrogens with one attached hydrogen (secondary N) is 1. The van der Waals surface area contributed by atoms with Crippen molar-refractivity contribution in [2.24, 2.45) is 0 Å². The number of ether oxygens (including phenoxy) is 3. The van der Waals surface area contributed by atoms with E-state index in [1.807, 2.05) is 12.1 Å². The first-order valence-corrected chi connectivity index (χ1v) is 12.1. The number of halogens is 1. The summed E-state index contributed by atoms with van der Waals surface area (Å²) in [5.41, 5.74) is 2.26. The van der Waals surface area contributed by atoms with Crippen molar-refractivity contribution < 1.29 is 27.4 Å². The highest BCUT2D eigenvalue weighted by Crippen LogP contribution is 2.33. The van der Waals surface area contributed by atoms with Gasteiger partial charge in [-0.05, 0) is 54.3 Å². The number of hydrogen-bond acceptors (Lipinski definition) is 6. The van der Waals surface area contributed by atoms with Crippen LogP contribution in [0, 0.1) is 0 Å². The van der Waals surface area contributed by atoms with Gasteiger partial charge in [-0.3, -0.25) is 4.79 Å². The Labute approximate surface area is 193 Å². The molecule has 0 unspecified atom stereocenters. The van der Waals surface area contributed by atoms with E-state index in [1.165, 1.54) is 17.5 Å². The predicted molar refractivity (Wildman–Crippen MR) is 122 cm³/mol. The van der Waals surface area contributed by atoms with Gasteiger partial charge in [0.2, 0.25) is 10.0 Å². The van der Waals surface area contributed by atoms with Gasteiger partial charge in [0.15, 0.2) is 11.5 Å². The Kier molecular flexibility index (Phi) is 7.86. The minimum Gasteiger partial charge on any atom is -0.496 e. The van der Waals surface area contributed by atoms with Gasteiger partial charge < -0.3 is 19.5 Å². The zero-order chi connectivity index (χ0) is 23.3. The highest BCUT2D eigenvalue weighted by Gasteiger charge is 2.27. The van der Waals surface area contributed by atoms with Crippen LogP contribution in [0.5, 0.6) is 17.2 Å². The summed E-state index contributed by atoms with van der Waals surface area (Å²) in [7, 11) is 1.11. The van der Waals surface area contributed by atoms with Crippen molar-refractivity contribution in [2.75, 3.05) is 40.2 Å². The lowest BCUT2D eigenvalue weighted by molar-refractivity contribution is 0.0950. The van der Waals surface area contributed by atoms with E-state index < -0.39 is 10.0 Å². The van der Waals surface area contributed by atoms with Crippen LogP contribution in [0.15, 0.2) is 30.3 Å². The molecule has 1 aliphatic heterocycles. The van der Waals surface area contributed by atoms with E-state index in [4.69, 9.17) is 25.8 Å². The molecule has 3 rings (SSSR count). The molecule has 0 spiro atoms. The number of sulfonamides is 1. The number of carbonyl (C=O) groups excluding carboxylic acids is 1. The maximum atomic E-state index is 12.9. The fourth-order valence-corrected chi connectivity index (χ4v) is 5.28. The highest BCUT2D eigenvalue weighted by atomic mass is 35.5. The first-order chi connectivity index (χ1) is 15.3. The topological polar surface area (TPSA) is 94.2 Å². The maximum absolute atomic E-state index is 12.9. The van der Waals surface area contributed by atoms with Gasteiger partial charge in [0.25, 0.3) is 5.91 Å². The van der Waals surface area contributed by atoms with Crippen molar-refractivity contribution in [1.82, 2.24) is 9.62 Å². The molecule has 0 aromatic heterocycles. The summed E-state index contributed by atoms with van der Waals surface area (Å²) in [6.45, 7) is 0.893. The van der Waals surface area contributed by atoms with Crippen LogP contribution in [0.1, 0.15) is 27.9 Å². The number of fused-ring (bicyclic) bond motifs is 1. The molecular weight excluding hydrogens is 456 g/mol. The molecule has 0 bridgehead atoms. The number of benzene rings is 2. The van der Waals surface area contributed by atoms with E-state index in [1.54, 1.807) is 26.4 Å². The molecule has 0 radical (unpaired) electrons. The lowest BCUT2D eigenvalue weighted by Crippen LogP contribution is -2.38. The van der Waals surface area contributed by atoms with Crippen LogP contribution in [-0.2, 0) is 23.0 Å². The summed E-state index contributed by atoms with van der Waals surface area (Å²) in [6.07, 6.45) is 0.881. The largest absolute Gasteiger partial charge is 0.496 e. The van der Waals surface area contributed by atoms with Crippen molar-refractivity contribution in [3.63, 3.8) is 0 Å². The Morgan fingerprint density at radius 2 is 1.69 bits per heavy atom. The van der Waals surface area contributed by atoms with Crippen molar-refractivity contribution in [1.29, 1.82) is 0 Å². The van der Waals surface area contributed by atoms with E-state index >= 15 is 0 Å². The molecule has 0 saturated heterocycles. The second-order valence-electron chi connectivity index (χ2n) is 7.33. The standard InChI is InChI=1S/C22H27ClN2O6S/c1-29-19-6-5-17(23)13-18(19)22(26)24-8-4-10-32(27,28)25-9-7-15-11-20(30-2)21(31-3)12-16(15)14-25/h5-6,11-13H,4,7-10,14H2,1-3H3,(H,24,26). The van der Waals surface area contributed by atoms with Gasteiger partial charge >= 0.3 is 0 Å². The second kappa shape index (κ2) is 10.4.